The fraction of sp³-hybridized carbons (Fsp3) is 0.182. The molecule has 5 rings (SSSR count). The molecule has 2 N–H and O–H groups in total. The Bertz CT molecular complexity index is 1360. The lowest BCUT2D eigenvalue weighted by Crippen LogP contribution is -2.17. The van der Waals surface area contributed by atoms with Gasteiger partial charge in [-0.15, -0.1) is 5.10 Å². The van der Waals surface area contributed by atoms with Gasteiger partial charge in [-0.05, 0) is 30.2 Å². The Kier molecular flexibility index (Phi) is 5.28. The molecular weight excluding hydrogens is 430 g/mol. The van der Waals surface area contributed by atoms with Gasteiger partial charge in [0.15, 0.2) is 11.5 Å². The van der Waals surface area contributed by atoms with E-state index in [0.29, 0.717) is 33.6 Å². The van der Waals surface area contributed by atoms with Crippen LogP contribution >= 0.6 is 11.8 Å². The van der Waals surface area contributed by atoms with Gasteiger partial charge in [0.1, 0.15) is 5.52 Å². The van der Waals surface area contributed by atoms with E-state index in [0.717, 1.165) is 12.0 Å². The third kappa shape index (κ3) is 3.92. The maximum Gasteiger partial charge on any atom is 0.290 e. The summed E-state index contributed by atoms with van der Waals surface area (Å²) in [6.45, 7) is 2.27. The number of thioether (sulfide) groups is 1. The van der Waals surface area contributed by atoms with Gasteiger partial charge < -0.3 is 14.8 Å². The highest BCUT2D eigenvalue weighted by atomic mass is 32.2. The van der Waals surface area contributed by atoms with Crippen LogP contribution in [0.2, 0.25) is 0 Å². The molecule has 0 spiro atoms. The van der Waals surface area contributed by atoms with E-state index in [1.54, 1.807) is 24.3 Å². The predicted molar refractivity (Wildman–Crippen MR) is 120 cm³/mol. The van der Waals surface area contributed by atoms with Crippen molar-refractivity contribution in [2.75, 3.05) is 17.9 Å². The highest BCUT2D eigenvalue weighted by Gasteiger charge is 2.16. The standard InChI is InChI=1S/C22H19N5O4S/c1-2-13-3-5-14(6-4-13)16-10-17-21(29)24-25-22(27(17)26-16)32-11-20(28)23-15-7-8-18-19(9-15)31-12-30-18/h3-10H,2,11-12H2,1H3,(H,23,28)(H,24,29). The second-order valence-corrected chi connectivity index (χ2v) is 8.06. The fourth-order valence-corrected chi connectivity index (χ4v) is 4.04. The van der Waals surface area contributed by atoms with Crippen molar-refractivity contribution in [3.8, 4) is 22.8 Å². The number of ether oxygens (including phenoxy) is 2. The summed E-state index contributed by atoms with van der Waals surface area (Å²) in [5, 5.41) is 14.3. The minimum absolute atomic E-state index is 0.0863. The number of amides is 1. The van der Waals surface area contributed by atoms with Crippen LogP contribution in [0, 0.1) is 0 Å². The number of anilines is 1. The number of fused-ring (bicyclic) bond motifs is 2. The molecule has 3 heterocycles. The molecule has 0 saturated carbocycles. The minimum Gasteiger partial charge on any atom is -0.454 e. The Morgan fingerprint density at radius 1 is 1.16 bits per heavy atom. The van der Waals surface area contributed by atoms with Gasteiger partial charge in [0, 0.05) is 17.3 Å². The van der Waals surface area contributed by atoms with E-state index in [9.17, 15) is 9.59 Å². The topological polar surface area (TPSA) is 111 Å². The van der Waals surface area contributed by atoms with Crippen molar-refractivity contribution < 1.29 is 14.3 Å². The van der Waals surface area contributed by atoms with Gasteiger partial charge in [0.2, 0.25) is 17.9 Å². The summed E-state index contributed by atoms with van der Waals surface area (Å²) in [5.74, 6) is 1.10. The first-order valence-electron chi connectivity index (χ1n) is 10.0. The molecule has 0 saturated heterocycles. The number of carbonyl (C=O) groups is 1. The van der Waals surface area contributed by atoms with E-state index in [-0.39, 0.29) is 24.0 Å². The zero-order valence-corrected chi connectivity index (χ0v) is 17.9. The number of nitrogens with zero attached hydrogens (tertiary/aromatic N) is 3. The quantitative estimate of drug-likeness (QED) is 0.435. The van der Waals surface area contributed by atoms with Crippen molar-refractivity contribution in [3.63, 3.8) is 0 Å². The Morgan fingerprint density at radius 2 is 1.97 bits per heavy atom. The smallest absolute Gasteiger partial charge is 0.290 e. The van der Waals surface area contributed by atoms with Gasteiger partial charge >= 0.3 is 0 Å². The summed E-state index contributed by atoms with van der Waals surface area (Å²) in [6, 6.07) is 15.0. The molecule has 162 valence electrons. The van der Waals surface area contributed by atoms with E-state index in [2.05, 4.69) is 27.5 Å². The van der Waals surface area contributed by atoms with Crippen LogP contribution in [0.5, 0.6) is 11.5 Å². The Labute approximate surface area is 186 Å². The van der Waals surface area contributed by atoms with Crippen molar-refractivity contribution in [2.24, 2.45) is 0 Å². The van der Waals surface area contributed by atoms with Crippen molar-refractivity contribution in [1.82, 2.24) is 19.8 Å². The third-order valence-electron chi connectivity index (χ3n) is 5.02. The number of hydrogen-bond acceptors (Lipinski definition) is 7. The number of aromatic nitrogens is 4. The van der Waals surface area contributed by atoms with Crippen LogP contribution < -0.4 is 20.3 Å². The minimum atomic E-state index is -0.344. The second kappa shape index (κ2) is 8.39. The molecule has 4 aromatic rings. The van der Waals surface area contributed by atoms with Crippen LogP contribution in [-0.2, 0) is 11.2 Å². The first-order valence-corrected chi connectivity index (χ1v) is 11.0. The lowest BCUT2D eigenvalue weighted by molar-refractivity contribution is -0.113. The second-order valence-electron chi connectivity index (χ2n) is 7.12. The number of aryl methyl sites for hydroxylation is 1. The van der Waals surface area contributed by atoms with Gasteiger partial charge in [-0.1, -0.05) is 43.0 Å². The lowest BCUT2D eigenvalue weighted by atomic mass is 10.1. The number of aromatic amines is 1. The van der Waals surface area contributed by atoms with Crippen LogP contribution in [0.15, 0.2) is 58.5 Å². The van der Waals surface area contributed by atoms with Crippen LogP contribution in [-0.4, -0.2) is 38.3 Å². The van der Waals surface area contributed by atoms with Crippen LogP contribution in [0.25, 0.3) is 16.8 Å². The average molecular weight is 449 g/mol. The van der Waals surface area contributed by atoms with Gasteiger partial charge in [-0.3, -0.25) is 9.59 Å². The van der Waals surface area contributed by atoms with E-state index >= 15 is 0 Å². The molecule has 0 radical (unpaired) electrons. The molecule has 2 aromatic heterocycles. The molecule has 0 atom stereocenters. The summed E-state index contributed by atoms with van der Waals surface area (Å²) in [6.07, 6.45) is 0.949. The van der Waals surface area contributed by atoms with Gasteiger partial charge in [-0.25, -0.2) is 9.61 Å². The fourth-order valence-electron chi connectivity index (χ4n) is 3.34. The maximum atomic E-state index is 12.4. The monoisotopic (exact) mass is 449 g/mol. The van der Waals surface area contributed by atoms with E-state index in [1.165, 1.54) is 21.8 Å². The largest absolute Gasteiger partial charge is 0.454 e. The number of H-pyrrole nitrogens is 1. The van der Waals surface area contributed by atoms with Crippen molar-refractivity contribution in [2.45, 2.75) is 18.5 Å². The highest BCUT2D eigenvalue weighted by Crippen LogP contribution is 2.34. The molecule has 2 aromatic carbocycles. The summed E-state index contributed by atoms with van der Waals surface area (Å²) < 4.78 is 12.1. The van der Waals surface area contributed by atoms with Gasteiger partial charge in [0.05, 0.1) is 11.4 Å². The number of carbonyl (C=O) groups excluding carboxylic acids is 1. The molecule has 0 unspecified atom stereocenters. The summed E-state index contributed by atoms with van der Waals surface area (Å²) in [4.78, 5) is 24.7. The normalized spacial score (nSPS) is 12.3. The number of hydrogen-bond donors (Lipinski definition) is 2. The summed E-state index contributed by atoms with van der Waals surface area (Å²) in [5.41, 5.74) is 3.43. The molecule has 0 aliphatic carbocycles. The van der Waals surface area contributed by atoms with E-state index < -0.39 is 0 Å². The number of benzene rings is 2. The highest BCUT2D eigenvalue weighted by molar-refractivity contribution is 7.99. The van der Waals surface area contributed by atoms with E-state index in [1.807, 2.05) is 24.3 Å². The number of rotatable bonds is 6. The van der Waals surface area contributed by atoms with E-state index in [4.69, 9.17) is 9.47 Å². The molecular formula is C22H19N5O4S. The molecule has 1 aliphatic heterocycles. The van der Waals surface area contributed by atoms with Crippen molar-refractivity contribution >= 4 is 28.9 Å². The maximum absolute atomic E-state index is 12.4. The van der Waals surface area contributed by atoms with Crippen molar-refractivity contribution in [1.29, 1.82) is 0 Å². The molecule has 1 amide bonds. The summed E-state index contributed by atoms with van der Waals surface area (Å²) >= 11 is 1.18. The Morgan fingerprint density at radius 3 is 2.78 bits per heavy atom. The zero-order valence-electron chi connectivity index (χ0n) is 17.1. The molecule has 9 nitrogen and oxygen atoms in total. The van der Waals surface area contributed by atoms with Crippen LogP contribution in [0.4, 0.5) is 5.69 Å². The van der Waals surface area contributed by atoms with Crippen molar-refractivity contribution in [3.05, 3.63) is 64.4 Å². The van der Waals surface area contributed by atoms with Gasteiger partial charge in [0.25, 0.3) is 5.56 Å². The first kappa shape index (κ1) is 20.1. The first-order chi connectivity index (χ1) is 15.6. The zero-order chi connectivity index (χ0) is 22.1. The van der Waals surface area contributed by atoms with Gasteiger partial charge in [-0.2, -0.15) is 5.10 Å². The SMILES string of the molecule is CCc1ccc(-c2cc3c(=O)[nH]nc(SCC(=O)Nc4ccc5c(c4)OCO5)n3n2)cc1. The predicted octanol–water partition coefficient (Wildman–Crippen LogP) is 3.11. The Hall–Kier alpha value is -3.79. The third-order valence-corrected chi connectivity index (χ3v) is 5.95. The molecule has 0 fully saturated rings. The number of nitrogens with one attached hydrogen (secondary N) is 2. The molecule has 1 aliphatic rings. The average Bonchev–Trinajstić information content (AvgIpc) is 3.46. The Balaban J connectivity index is 1.33. The lowest BCUT2D eigenvalue weighted by Gasteiger charge is -2.06. The summed E-state index contributed by atoms with van der Waals surface area (Å²) in [7, 11) is 0. The molecule has 0 bridgehead atoms. The molecule has 10 heteroatoms. The van der Waals surface area contributed by atoms with Crippen LogP contribution in [0.1, 0.15) is 12.5 Å². The molecule has 32 heavy (non-hydrogen) atoms. The van der Waals surface area contributed by atoms with Crippen LogP contribution in [0.3, 0.4) is 0 Å².